The molecule has 1 amide bonds. The van der Waals surface area contributed by atoms with Gasteiger partial charge in [0.25, 0.3) is 5.56 Å². The van der Waals surface area contributed by atoms with Crippen LogP contribution < -0.4 is 10.9 Å². The molecule has 1 atom stereocenters. The highest BCUT2D eigenvalue weighted by atomic mass is 32.2. The van der Waals surface area contributed by atoms with E-state index < -0.39 is 0 Å². The average Bonchev–Trinajstić information content (AvgIpc) is 2.60. The molecule has 0 saturated heterocycles. The Morgan fingerprint density at radius 1 is 1.35 bits per heavy atom. The molecule has 0 bridgehead atoms. The minimum absolute atomic E-state index is 0.0619. The van der Waals surface area contributed by atoms with Crippen molar-refractivity contribution in [1.82, 2.24) is 9.55 Å². The number of thioether (sulfide) groups is 2. The Hall–Kier alpha value is -1.73. The highest BCUT2D eigenvalue weighted by molar-refractivity contribution is 7.99. The number of amides is 1. The minimum atomic E-state index is -0.259. The van der Waals surface area contributed by atoms with Gasteiger partial charge < -0.3 is 5.32 Å². The normalized spacial score (nSPS) is 16.8. The Bertz CT molecular complexity index is 887. The lowest BCUT2D eigenvalue weighted by molar-refractivity contribution is -0.119. The quantitative estimate of drug-likeness (QED) is 0.642. The van der Waals surface area contributed by atoms with E-state index in [9.17, 15) is 9.59 Å². The number of benzene rings is 1. The smallest absolute Gasteiger partial charge is 0.254 e. The largest absolute Gasteiger partial charge is 0.326 e. The lowest BCUT2D eigenvalue weighted by Gasteiger charge is -2.26. The molecular weight excluding hydrogens is 366 g/mol. The molecule has 1 aromatic carbocycles. The van der Waals surface area contributed by atoms with Crippen molar-refractivity contribution in [3.05, 3.63) is 46.4 Å². The highest BCUT2D eigenvalue weighted by Gasteiger charge is 2.28. The minimum Gasteiger partial charge on any atom is -0.326 e. The number of carbonyl (C=O) groups is 1. The van der Waals surface area contributed by atoms with Crippen LogP contribution in [0.4, 0.5) is 5.69 Å². The van der Waals surface area contributed by atoms with E-state index in [1.165, 1.54) is 11.8 Å². The van der Waals surface area contributed by atoms with Gasteiger partial charge in [-0.1, -0.05) is 38.6 Å². The number of nitrogens with zero attached hydrogens (tertiary/aromatic N) is 2. The summed E-state index contributed by atoms with van der Waals surface area (Å²) in [6, 6.07) is 9.35. The topological polar surface area (TPSA) is 64.0 Å². The van der Waals surface area contributed by atoms with Crippen molar-refractivity contribution in [3.8, 4) is 0 Å². The van der Waals surface area contributed by atoms with Gasteiger partial charge in [0.05, 0.1) is 11.6 Å². The van der Waals surface area contributed by atoms with Crippen molar-refractivity contribution < 1.29 is 4.79 Å². The monoisotopic (exact) mass is 389 g/mol. The Kier molecular flexibility index (Phi) is 5.48. The maximum Gasteiger partial charge on any atom is 0.254 e. The first kappa shape index (κ1) is 19.0. The summed E-state index contributed by atoms with van der Waals surface area (Å²) in [7, 11) is 0. The number of hydrogen-bond acceptors (Lipinski definition) is 5. The third kappa shape index (κ3) is 4.15. The van der Waals surface area contributed by atoms with E-state index in [1.54, 1.807) is 22.4 Å². The van der Waals surface area contributed by atoms with Crippen LogP contribution in [0.3, 0.4) is 0 Å². The number of carbonyl (C=O) groups excluding carboxylic acids is 1. The predicted octanol–water partition coefficient (Wildman–Crippen LogP) is 3.62. The van der Waals surface area contributed by atoms with E-state index in [2.05, 4.69) is 10.3 Å². The molecule has 1 N–H and O–H groups in total. The molecule has 1 aliphatic rings. The van der Waals surface area contributed by atoms with Gasteiger partial charge >= 0.3 is 0 Å². The van der Waals surface area contributed by atoms with Gasteiger partial charge in [0.1, 0.15) is 0 Å². The lowest BCUT2D eigenvalue weighted by atomic mass is 9.92. The number of fused-ring (bicyclic) bond motifs is 1. The predicted molar refractivity (Wildman–Crippen MR) is 108 cm³/mol. The first-order valence-corrected chi connectivity index (χ1v) is 10.7. The van der Waals surface area contributed by atoms with E-state index in [0.717, 1.165) is 16.3 Å². The third-order valence-electron chi connectivity index (χ3n) is 4.27. The second-order valence-electron chi connectivity index (χ2n) is 7.35. The molecule has 1 unspecified atom stereocenters. The SMILES string of the molecule is CSc1cccc(NC(=O)C2CSc3nc(C(C)(C)C)cc(=O)n3C2)c1. The first-order valence-electron chi connectivity index (χ1n) is 8.48. The van der Waals surface area contributed by atoms with Gasteiger partial charge in [-0.05, 0) is 24.5 Å². The van der Waals surface area contributed by atoms with Crippen LogP contribution in [-0.4, -0.2) is 27.5 Å². The van der Waals surface area contributed by atoms with Gasteiger partial charge in [0, 0.05) is 34.4 Å². The fourth-order valence-corrected chi connectivity index (χ4v) is 4.25. The summed E-state index contributed by atoms with van der Waals surface area (Å²) < 4.78 is 1.62. The summed E-state index contributed by atoms with van der Waals surface area (Å²) in [6.07, 6.45) is 2.00. The molecular formula is C19H23N3O2S2. The van der Waals surface area contributed by atoms with Crippen molar-refractivity contribution in [3.63, 3.8) is 0 Å². The summed E-state index contributed by atoms with van der Waals surface area (Å²) in [4.78, 5) is 30.9. The standard InChI is InChI=1S/C19H23N3O2S2/c1-19(2,3)15-9-16(23)22-10-12(11-26-18(22)21-15)17(24)20-13-6-5-7-14(8-13)25-4/h5-9,12H,10-11H2,1-4H3,(H,20,24). The summed E-state index contributed by atoms with van der Waals surface area (Å²) in [5.41, 5.74) is 1.31. The van der Waals surface area contributed by atoms with Crippen molar-refractivity contribution in [1.29, 1.82) is 0 Å². The second-order valence-corrected chi connectivity index (χ2v) is 9.22. The molecule has 3 rings (SSSR count). The van der Waals surface area contributed by atoms with Crippen molar-refractivity contribution in [2.45, 2.75) is 42.8 Å². The van der Waals surface area contributed by atoms with E-state index in [0.29, 0.717) is 17.5 Å². The second kappa shape index (κ2) is 7.48. The molecule has 2 aromatic rings. The van der Waals surface area contributed by atoms with Crippen LogP contribution >= 0.6 is 23.5 Å². The van der Waals surface area contributed by atoms with Gasteiger partial charge in [-0.15, -0.1) is 11.8 Å². The number of aromatic nitrogens is 2. The first-order chi connectivity index (χ1) is 12.3. The lowest BCUT2D eigenvalue weighted by Crippen LogP contribution is -2.37. The van der Waals surface area contributed by atoms with Gasteiger partial charge in [0.2, 0.25) is 5.91 Å². The van der Waals surface area contributed by atoms with E-state index in [1.807, 2.05) is 51.3 Å². The van der Waals surface area contributed by atoms with Crippen LogP contribution in [0, 0.1) is 5.92 Å². The molecule has 1 aromatic heterocycles. The molecule has 5 nitrogen and oxygen atoms in total. The van der Waals surface area contributed by atoms with E-state index in [-0.39, 0.29) is 22.8 Å². The summed E-state index contributed by atoms with van der Waals surface area (Å²) in [5.74, 6) is 0.298. The zero-order valence-electron chi connectivity index (χ0n) is 15.4. The van der Waals surface area contributed by atoms with Crippen molar-refractivity contribution in [2.75, 3.05) is 17.3 Å². The molecule has 0 saturated carbocycles. The molecule has 0 spiro atoms. The molecule has 0 radical (unpaired) electrons. The molecule has 0 aliphatic carbocycles. The Labute approximate surface area is 162 Å². The third-order valence-corrected chi connectivity index (χ3v) is 6.13. The van der Waals surface area contributed by atoms with Crippen LogP contribution in [-0.2, 0) is 16.8 Å². The highest BCUT2D eigenvalue weighted by Crippen LogP contribution is 2.29. The van der Waals surface area contributed by atoms with Crippen LogP contribution in [0.15, 0.2) is 45.2 Å². The fraction of sp³-hybridized carbons (Fsp3) is 0.421. The molecule has 0 fully saturated rings. The fourth-order valence-electron chi connectivity index (χ4n) is 2.70. The van der Waals surface area contributed by atoms with Gasteiger partial charge in [-0.25, -0.2) is 4.98 Å². The van der Waals surface area contributed by atoms with Crippen LogP contribution in [0.2, 0.25) is 0 Å². The number of rotatable bonds is 3. The van der Waals surface area contributed by atoms with Crippen LogP contribution in [0.5, 0.6) is 0 Å². The molecule has 26 heavy (non-hydrogen) atoms. The zero-order valence-corrected chi connectivity index (χ0v) is 17.0. The van der Waals surface area contributed by atoms with Crippen molar-refractivity contribution in [2.24, 2.45) is 5.92 Å². The zero-order chi connectivity index (χ0) is 18.9. The van der Waals surface area contributed by atoms with Crippen LogP contribution in [0.1, 0.15) is 26.5 Å². The summed E-state index contributed by atoms with van der Waals surface area (Å²) in [5, 5.41) is 3.68. The maximum absolute atomic E-state index is 12.6. The maximum atomic E-state index is 12.6. The number of nitrogens with one attached hydrogen (secondary N) is 1. The van der Waals surface area contributed by atoms with Gasteiger partial charge in [-0.3, -0.25) is 14.2 Å². The Balaban J connectivity index is 1.77. The van der Waals surface area contributed by atoms with Crippen molar-refractivity contribution >= 4 is 35.1 Å². The molecule has 7 heteroatoms. The number of anilines is 1. The molecule has 138 valence electrons. The molecule has 2 heterocycles. The van der Waals surface area contributed by atoms with Gasteiger partial charge in [0.15, 0.2) is 5.16 Å². The van der Waals surface area contributed by atoms with Crippen LogP contribution in [0.25, 0.3) is 0 Å². The van der Waals surface area contributed by atoms with E-state index in [4.69, 9.17) is 0 Å². The van der Waals surface area contributed by atoms with E-state index >= 15 is 0 Å². The Morgan fingerprint density at radius 3 is 2.81 bits per heavy atom. The number of hydrogen-bond donors (Lipinski definition) is 1. The summed E-state index contributed by atoms with van der Waals surface area (Å²) in [6.45, 7) is 6.49. The van der Waals surface area contributed by atoms with Gasteiger partial charge in [-0.2, -0.15) is 0 Å². The Morgan fingerprint density at radius 2 is 2.12 bits per heavy atom. The average molecular weight is 390 g/mol. The summed E-state index contributed by atoms with van der Waals surface area (Å²) >= 11 is 3.11. The molecule has 1 aliphatic heterocycles.